The Morgan fingerprint density at radius 2 is 1.43 bits per heavy atom. The van der Waals surface area contributed by atoms with Gasteiger partial charge in [-0.05, 0) is 29.0 Å². The first-order valence-electron chi connectivity index (χ1n) is 6.87. The molecule has 5 rings (SSSR count). The van der Waals surface area contributed by atoms with E-state index in [-0.39, 0.29) is 5.63 Å². The van der Waals surface area contributed by atoms with Crippen LogP contribution in [0.2, 0.25) is 0 Å². The van der Waals surface area contributed by atoms with Crippen molar-refractivity contribution in [2.75, 3.05) is 0 Å². The van der Waals surface area contributed by atoms with Gasteiger partial charge in [-0.2, -0.15) is 0 Å². The lowest BCUT2D eigenvalue weighted by molar-refractivity contribution is 0.571. The first-order chi connectivity index (χ1) is 11.3. The molecule has 0 amide bonds. The van der Waals surface area contributed by atoms with E-state index < -0.39 is 0 Å². The highest BCUT2D eigenvalue weighted by Crippen LogP contribution is 2.43. The lowest BCUT2D eigenvalue weighted by Crippen LogP contribution is -1.95. The van der Waals surface area contributed by atoms with Crippen LogP contribution in [0, 0.1) is 0 Å². The van der Waals surface area contributed by atoms with E-state index in [1.165, 1.54) is 9.75 Å². The third-order valence-corrected chi connectivity index (χ3v) is 8.13. The fraction of sp³-hybridized carbons (Fsp3) is 0. The molecule has 0 aliphatic heterocycles. The molecule has 2 nitrogen and oxygen atoms in total. The van der Waals surface area contributed by atoms with E-state index in [2.05, 4.69) is 22.9 Å². The first-order valence-corrected chi connectivity index (χ1v) is 10.3. The van der Waals surface area contributed by atoms with Gasteiger partial charge in [0.2, 0.25) is 0 Å². The van der Waals surface area contributed by atoms with Crippen LogP contribution in [0.1, 0.15) is 0 Å². The van der Waals surface area contributed by atoms with Gasteiger partial charge < -0.3 is 4.42 Å². The van der Waals surface area contributed by atoms with Crippen molar-refractivity contribution >= 4 is 65.7 Å². The van der Waals surface area contributed by atoms with Crippen LogP contribution in [-0.2, 0) is 0 Å². The van der Waals surface area contributed by atoms with Gasteiger partial charge in [-0.1, -0.05) is 12.1 Å². The van der Waals surface area contributed by atoms with Crippen LogP contribution >= 0.6 is 45.3 Å². The van der Waals surface area contributed by atoms with Gasteiger partial charge in [-0.3, -0.25) is 0 Å². The topological polar surface area (TPSA) is 30.2 Å². The molecule has 0 saturated carbocycles. The third kappa shape index (κ3) is 2.14. The lowest BCUT2D eigenvalue weighted by Gasteiger charge is -1.89. The molecule has 0 atom stereocenters. The molecule has 6 heteroatoms. The molecule has 0 aromatic carbocycles. The highest BCUT2D eigenvalue weighted by atomic mass is 32.1. The van der Waals surface area contributed by atoms with Gasteiger partial charge in [-0.15, -0.1) is 45.3 Å². The van der Waals surface area contributed by atoms with Crippen LogP contribution in [0.5, 0.6) is 0 Å². The maximum atomic E-state index is 12.3. The van der Waals surface area contributed by atoms with Crippen molar-refractivity contribution in [3.8, 4) is 19.5 Å². The molecule has 5 aromatic rings. The van der Waals surface area contributed by atoms with E-state index >= 15 is 0 Å². The van der Waals surface area contributed by atoms with Crippen molar-refractivity contribution in [3.05, 3.63) is 57.6 Å². The molecule has 0 bridgehead atoms. The summed E-state index contributed by atoms with van der Waals surface area (Å²) in [7, 11) is 0. The average Bonchev–Trinajstić information content (AvgIpc) is 3.30. The Hall–Kier alpha value is -1.73. The highest BCUT2D eigenvalue weighted by molar-refractivity contribution is 7.32. The van der Waals surface area contributed by atoms with Crippen molar-refractivity contribution in [2.24, 2.45) is 0 Å². The predicted octanol–water partition coefficient (Wildman–Crippen LogP) is 6.53. The quantitative estimate of drug-likeness (QED) is 0.353. The second kappa shape index (κ2) is 5.14. The summed E-state index contributed by atoms with van der Waals surface area (Å²) < 4.78 is 7.65. The maximum absolute atomic E-state index is 12.3. The van der Waals surface area contributed by atoms with Gasteiger partial charge in [0, 0.05) is 25.6 Å². The van der Waals surface area contributed by atoms with Crippen LogP contribution in [0.3, 0.4) is 0 Å². The van der Waals surface area contributed by atoms with Crippen LogP contribution in [0.4, 0.5) is 0 Å². The standard InChI is InChI=1S/C17H8O2S4/c18-17-9-7-13(11-3-1-5-20-11)22-15(9)16-10(19-17)8-14(23-16)12-4-2-6-21-12/h1-8H. The summed E-state index contributed by atoms with van der Waals surface area (Å²) in [4.78, 5) is 17.0. The zero-order chi connectivity index (χ0) is 15.4. The van der Waals surface area contributed by atoms with Crippen molar-refractivity contribution in [1.29, 1.82) is 0 Å². The van der Waals surface area contributed by atoms with Crippen LogP contribution < -0.4 is 5.63 Å². The largest absolute Gasteiger partial charge is 0.421 e. The van der Waals surface area contributed by atoms with Gasteiger partial charge >= 0.3 is 5.63 Å². The molecule has 0 N–H and O–H groups in total. The molecule has 0 aliphatic rings. The van der Waals surface area contributed by atoms with Crippen LogP contribution in [0.15, 0.2) is 56.4 Å². The summed E-state index contributed by atoms with van der Waals surface area (Å²) in [6.07, 6.45) is 0. The molecule has 5 aromatic heterocycles. The molecule has 0 saturated heterocycles. The smallest absolute Gasteiger partial charge is 0.345 e. The minimum Gasteiger partial charge on any atom is -0.421 e. The van der Waals surface area contributed by atoms with E-state index in [1.807, 2.05) is 24.3 Å². The summed E-state index contributed by atoms with van der Waals surface area (Å²) in [5.41, 5.74) is 0.442. The minimum absolute atomic E-state index is 0.248. The van der Waals surface area contributed by atoms with Crippen LogP contribution in [-0.4, -0.2) is 0 Å². The lowest BCUT2D eigenvalue weighted by atomic mass is 10.3. The first kappa shape index (κ1) is 13.7. The zero-order valence-corrected chi connectivity index (χ0v) is 14.8. The Morgan fingerprint density at radius 1 is 0.783 bits per heavy atom. The number of hydrogen-bond acceptors (Lipinski definition) is 6. The Balaban J connectivity index is 1.83. The minimum atomic E-state index is -0.248. The monoisotopic (exact) mass is 372 g/mol. The van der Waals surface area contributed by atoms with E-state index in [9.17, 15) is 4.79 Å². The average molecular weight is 373 g/mol. The molecule has 0 aliphatic carbocycles. The van der Waals surface area contributed by atoms with E-state index in [0.29, 0.717) is 11.0 Å². The van der Waals surface area contributed by atoms with Crippen molar-refractivity contribution in [1.82, 2.24) is 0 Å². The molecular weight excluding hydrogens is 364 g/mol. The molecular formula is C17H8O2S4. The maximum Gasteiger partial charge on any atom is 0.345 e. The Morgan fingerprint density at radius 3 is 2.09 bits per heavy atom. The van der Waals surface area contributed by atoms with E-state index in [0.717, 1.165) is 19.2 Å². The summed E-state index contributed by atoms with van der Waals surface area (Å²) in [6, 6.07) is 12.2. The van der Waals surface area contributed by atoms with Crippen molar-refractivity contribution in [2.45, 2.75) is 0 Å². The number of hydrogen-bond donors (Lipinski definition) is 0. The third-order valence-electron chi connectivity index (χ3n) is 3.59. The van der Waals surface area contributed by atoms with Gasteiger partial charge in [0.05, 0.1) is 14.8 Å². The summed E-state index contributed by atoms with van der Waals surface area (Å²) in [6.45, 7) is 0. The van der Waals surface area contributed by atoms with Crippen molar-refractivity contribution in [3.63, 3.8) is 0 Å². The molecule has 23 heavy (non-hydrogen) atoms. The van der Waals surface area contributed by atoms with Gasteiger partial charge in [-0.25, -0.2) is 4.79 Å². The fourth-order valence-corrected chi connectivity index (χ4v) is 6.58. The summed E-state index contributed by atoms with van der Waals surface area (Å²) in [5, 5.41) is 4.80. The van der Waals surface area contributed by atoms with Gasteiger partial charge in [0.1, 0.15) is 0 Å². The second-order valence-corrected chi connectivity index (χ2v) is 9.00. The number of thiophene rings is 4. The molecule has 112 valence electrons. The molecule has 0 fully saturated rings. The molecule has 0 unspecified atom stereocenters. The zero-order valence-electron chi connectivity index (χ0n) is 11.6. The SMILES string of the molecule is O=c1oc2cc(-c3cccs3)sc2c2sc(-c3cccs3)cc12. The second-order valence-electron chi connectivity index (χ2n) is 5.00. The normalized spacial score (nSPS) is 11.7. The number of rotatable bonds is 2. The summed E-state index contributed by atoms with van der Waals surface area (Å²) >= 11 is 6.76. The van der Waals surface area contributed by atoms with E-state index in [1.54, 1.807) is 45.3 Å². The fourth-order valence-electron chi connectivity index (χ4n) is 2.55. The highest BCUT2D eigenvalue weighted by Gasteiger charge is 2.16. The predicted molar refractivity (Wildman–Crippen MR) is 102 cm³/mol. The van der Waals surface area contributed by atoms with Gasteiger partial charge in [0.25, 0.3) is 0 Å². The Bertz CT molecular complexity index is 1170. The number of fused-ring (bicyclic) bond motifs is 3. The van der Waals surface area contributed by atoms with Gasteiger partial charge in [0.15, 0.2) is 5.58 Å². The summed E-state index contributed by atoms with van der Waals surface area (Å²) in [5.74, 6) is 0. The van der Waals surface area contributed by atoms with Crippen molar-refractivity contribution < 1.29 is 4.42 Å². The molecule has 0 radical (unpaired) electrons. The Labute approximate surface area is 146 Å². The van der Waals surface area contributed by atoms with E-state index in [4.69, 9.17) is 4.42 Å². The Kier molecular flexibility index (Phi) is 3.06. The molecule has 0 spiro atoms. The molecule has 5 heterocycles. The van der Waals surface area contributed by atoms with Crippen LogP contribution in [0.25, 0.3) is 39.9 Å².